The SMILES string of the molecule is Cc1c(C(=O)OCC(Cl)(Cl)Cl)nc(-c2ccc(Cl)cc2Cl)n1-c1ccc(OCc2ccccc2)cc1. The number of carbonyl (C=O) groups excluding carboxylic acids is 1. The van der Waals surface area contributed by atoms with Gasteiger partial charge in [-0.1, -0.05) is 88.3 Å². The summed E-state index contributed by atoms with van der Waals surface area (Å²) in [4.78, 5) is 17.4. The van der Waals surface area contributed by atoms with Crippen LogP contribution < -0.4 is 4.74 Å². The molecule has 0 saturated heterocycles. The average Bonchev–Trinajstić information content (AvgIpc) is 3.18. The maximum Gasteiger partial charge on any atom is 0.359 e. The number of esters is 1. The Kier molecular flexibility index (Phi) is 8.38. The highest BCUT2D eigenvalue weighted by Gasteiger charge is 2.27. The van der Waals surface area contributed by atoms with E-state index in [1.165, 1.54) is 0 Å². The van der Waals surface area contributed by atoms with Gasteiger partial charge in [-0.15, -0.1) is 0 Å². The number of halogens is 5. The van der Waals surface area contributed by atoms with E-state index in [4.69, 9.17) is 67.5 Å². The minimum atomic E-state index is -1.75. The molecule has 0 aliphatic carbocycles. The van der Waals surface area contributed by atoms with E-state index >= 15 is 0 Å². The molecule has 1 heterocycles. The third-order valence-electron chi connectivity index (χ3n) is 5.18. The first-order chi connectivity index (χ1) is 17.1. The number of nitrogens with zero attached hydrogens (tertiary/aromatic N) is 2. The zero-order valence-electron chi connectivity index (χ0n) is 18.9. The molecule has 0 saturated carbocycles. The third kappa shape index (κ3) is 6.47. The summed E-state index contributed by atoms with van der Waals surface area (Å²) < 4.78 is 11.1. The number of aromatic nitrogens is 2. The summed E-state index contributed by atoms with van der Waals surface area (Å²) in [6.45, 7) is 1.76. The first-order valence-electron chi connectivity index (χ1n) is 10.7. The second kappa shape index (κ2) is 11.3. The summed E-state index contributed by atoms with van der Waals surface area (Å²) in [7, 11) is 0. The normalized spacial score (nSPS) is 11.4. The van der Waals surface area contributed by atoms with E-state index in [0.29, 0.717) is 39.5 Å². The molecule has 0 atom stereocenters. The van der Waals surface area contributed by atoms with Crippen molar-refractivity contribution in [1.82, 2.24) is 9.55 Å². The summed E-state index contributed by atoms with van der Waals surface area (Å²) in [6.07, 6.45) is 0. The van der Waals surface area contributed by atoms with Gasteiger partial charge in [0.05, 0.1) is 10.7 Å². The summed E-state index contributed by atoms with van der Waals surface area (Å²) in [5.41, 5.74) is 2.95. The number of rotatable bonds is 7. The molecule has 5 nitrogen and oxygen atoms in total. The summed E-state index contributed by atoms with van der Waals surface area (Å²) >= 11 is 29.8. The third-order valence-corrected chi connectivity index (χ3v) is 6.06. The fourth-order valence-corrected chi connectivity index (χ4v) is 4.17. The van der Waals surface area contributed by atoms with Gasteiger partial charge in [0.2, 0.25) is 3.79 Å². The van der Waals surface area contributed by atoms with E-state index in [0.717, 1.165) is 11.3 Å². The van der Waals surface area contributed by atoms with Crippen LogP contribution in [0.1, 0.15) is 21.7 Å². The largest absolute Gasteiger partial charge is 0.489 e. The molecule has 0 aliphatic rings. The molecule has 0 unspecified atom stereocenters. The van der Waals surface area contributed by atoms with Crippen LogP contribution in [0.5, 0.6) is 5.75 Å². The molecule has 4 rings (SSSR count). The number of imidazole rings is 1. The lowest BCUT2D eigenvalue weighted by Crippen LogP contribution is -2.18. The van der Waals surface area contributed by atoms with Gasteiger partial charge in [0.15, 0.2) is 5.69 Å². The van der Waals surface area contributed by atoms with Crippen molar-refractivity contribution in [3.05, 3.63) is 99.8 Å². The van der Waals surface area contributed by atoms with Crippen LogP contribution in [0, 0.1) is 6.92 Å². The van der Waals surface area contributed by atoms with Gasteiger partial charge >= 0.3 is 5.97 Å². The van der Waals surface area contributed by atoms with Gasteiger partial charge in [-0.25, -0.2) is 9.78 Å². The number of alkyl halides is 3. The number of hydrogen-bond donors (Lipinski definition) is 0. The number of benzene rings is 3. The molecule has 0 amide bonds. The Hall–Kier alpha value is -2.41. The first-order valence-corrected chi connectivity index (χ1v) is 12.6. The topological polar surface area (TPSA) is 53.3 Å². The zero-order valence-corrected chi connectivity index (χ0v) is 22.6. The average molecular weight is 585 g/mol. The highest BCUT2D eigenvalue weighted by atomic mass is 35.6. The summed E-state index contributed by atoms with van der Waals surface area (Å²) in [5, 5.41) is 0.846. The van der Waals surface area contributed by atoms with E-state index in [9.17, 15) is 4.79 Å². The minimum absolute atomic E-state index is 0.0645. The molecule has 0 fully saturated rings. The molecule has 0 N–H and O–H groups in total. The van der Waals surface area contributed by atoms with Crippen LogP contribution in [0.4, 0.5) is 0 Å². The van der Waals surface area contributed by atoms with Gasteiger partial charge in [-0.2, -0.15) is 0 Å². The molecular weight excluding hydrogens is 566 g/mol. The fourth-order valence-electron chi connectivity index (χ4n) is 3.51. The van der Waals surface area contributed by atoms with Crippen LogP contribution in [0.3, 0.4) is 0 Å². The van der Waals surface area contributed by atoms with Crippen LogP contribution in [0.2, 0.25) is 10.0 Å². The van der Waals surface area contributed by atoms with Crippen molar-refractivity contribution in [1.29, 1.82) is 0 Å². The lowest BCUT2D eigenvalue weighted by Gasteiger charge is -2.13. The lowest BCUT2D eigenvalue weighted by molar-refractivity contribution is 0.0505. The van der Waals surface area contributed by atoms with Crippen molar-refractivity contribution in [3.8, 4) is 22.8 Å². The van der Waals surface area contributed by atoms with Crippen LogP contribution >= 0.6 is 58.0 Å². The highest BCUT2D eigenvalue weighted by molar-refractivity contribution is 6.67. The van der Waals surface area contributed by atoms with Crippen LogP contribution in [0.25, 0.3) is 17.1 Å². The predicted octanol–water partition coefficient (Wildman–Crippen LogP) is 8.26. The maximum absolute atomic E-state index is 12.8. The molecule has 10 heteroatoms. The summed E-state index contributed by atoms with van der Waals surface area (Å²) in [6, 6.07) is 22.3. The Bertz CT molecular complexity index is 1370. The van der Waals surface area contributed by atoms with Crippen molar-refractivity contribution in [2.24, 2.45) is 0 Å². The predicted molar refractivity (Wildman–Crippen MR) is 145 cm³/mol. The van der Waals surface area contributed by atoms with Gasteiger partial charge in [0.1, 0.15) is 24.8 Å². The van der Waals surface area contributed by atoms with Crippen molar-refractivity contribution < 1.29 is 14.3 Å². The smallest absolute Gasteiger partial charge is 0.359 e. The maximum atomic E-state index is 12.8. The number of ether oxygens (including phenoxy) is 2. The van der Waals surface area contributed by atoms with E-state index < -0.39 is 16.4 Å². The Morgan fingerprint density at radius 1 is 0.972 bits per heavy atom. The highest BCUT2D eigenvalue weighted by Crippen LogP contribution is 2.34. The monoisotopic (exact) mass is 582 g/mol. The molecule has 1 aromatic heterocycles. The molecule has 0 spiro atoms. The number of hydrogen-bond acceptors (Lipinski definition) is 4. The Balaban J connectivity index is 1.70. The molecular formula is C26H19Cl5N2O3. The molecule has 0 bridgehead atoms. The Morgan fingerprint density at radius 3 is 2.31 bits per heavy atom. The van der Waals surface area contributed by atoms with Crippen molar-refractivity contribution in [2.45, 2.75) is 17.3 Å². The first kappa shape index (κ1) is 26.6. The van der Waals surface area contributed by atoms with E-state index in [1.54, 1.807) is 29.7 Å². The minimum Gasteiger partial charge on any atom is -0.489 e. The Labute approximate surface area is 233 Å². The standard InChI is InChI=1S/C26H19Cl5N2O3/c1-16-23(25(34)36-15-26(29,30)31)32-24(21-12-7-18(27)13-22(21)28)33(16)19-8-10-20(11-9-19)35-14-17-5-3-2-4-6-17/h2-13H,14-15H2,1H3. The Morgan fingerprint density at radius 2 is 1.67 bits per heavy atom. The molecule has 36 heavy (non-hydrogen) atoms. The molecule has 186 valence electrons. The summed E-state index contributed by atoms with van der Waals surface area (Å²) in [5.74, 6) is 0.383. The van der Waals surface area contributed by atoms with Crippen LogP contribution in [-0.4, -0.2) is 25.9 Å². The van der Waals surface area contributed by atoms with Crippen LogP contribution in [-0.2, 0) is 11.3 Å². The van der Waals surface area contributed by atoms with Crippen molar-refractivity contribution in [3.63, 3.8) is 0 Å². The second-order valence-corrected chi connectivity index (χ2v) is 11.1. The van der Waals surface area contributed by atoms with E-state index in [1.807, 2.05) is 54.6 Å². The van der Waals surface area contributed by atoms with Gasteiger partial charge in [0, 0.05) is 16.3 Å². The van der Waals surface area contributed by atoms with Gasteiger partial charge in [-0.05, 0) is 55.0 Å². The zero-order chi connectivity index (χ0) is 25.9. The van der Waals surface area contributed by atoms with Crippen molar-refractivity contribution >= 4 is 64.0 Å². The van der Waals surface area contributed by atoms with Gasteiger partial charge < -0.3 is 9.47 Å². The van der Waals surface area contributed by atoms with Crippen molar-refractivity contribution in [2.75, 3.05) is 6.61 Å². The quantitative estimate of drug-likeness (QED) is 0.162. The van der Waals surface area contributed by atoms with E-state index in [-0.39, 0.29) is 5.69 Å². The molecule has 3 aromatic carbocycles. The fraction of sp³-hybridized carbons (Fsp3) is 0.154. The van der Waals surface area contributed by atoms with E-state index in [2.05, 4.69) is 4.98 Å². The molecule has 4 aromatic rings. The van der Waals surface area contributed by atoms with Gasteiger partial charge in [0.25, 0.3) is 0 Å². The lowest BCUT2D eigenvalue weighted by atomic mass is 10.2. The van der Waals surface area contributed by atoms with Gasteiger partial charge in [-0.3, -0.25) is 4.57 Å². The second-order valence-electron chi connectivity index (χ2n) is 7.79. The number of carbonyl (C=O) groups is 1. The molecule has 0 radical (unpaired) electrons. The van der Waals surface area contributed by atoms with Crippen LogP contribution in [0.15, 0.2) is 72.8 Å². The molecule has 0 aliphatic heterocycles.